The molecule has 0 aliphatic heterocycles. The summed E-state index contributed by atoms with van der Waals surface area (Å²) >= 11 is 0. The Labute approximate surface area is 116 Å². The van der Waals surface area contributed by atoms with Gasteiger partial charge in [-0.2, -0.15) is 0 Å². The van der Waals surface area contributed by atoms with Crippen LogP contribution in [-0.2, 0) is 9.59 Å². The van der Waals surface area contributed by atoms with Crippen molar-refractivity contribution in [2.75, 3.05) is 46.8 Å². The van der Waals surface area contributed by atoms with Gasteiger partial charge in [0.05, 0.1) is 12.6 Å². The van der Waals surface area contributed by atoms with Crippen LogP contribution in [0, 0.1) is 0 Å². The van der Waals surface area contributed by atoms with Crippen molar-refractivity contribution in [2.45, 2.75) is 26.8 Å². The Balaban J connectivity index is 4.72. The second-order valence-corrected chi connectivity index (χ2v) is 4.85. The molecule has 1 amide bonds. The van der Waals surface area contributed by atoms with Gasteiger partial charge in [-0.15, -0.1) is 0 Å². The van der Waals surface area contributed by atoms with Gasteiger partial charge < -0.3 is 14.9 Å². The highest BCUT2D eigenvalue weighted by Gasteiger charge is 2.25. The molecule has 0 fully saturated rings. The first-order valence-corrected chi connectivity index (χ1v) is 6.72. The van der Waals surface area contributed by atoms with E-state index in [9.17, 15) is 9.59 Å². The number of carboxylic acid groups (broad SMARTS) is 1. The zero-order valence-corrected chi connectivity index (χ0v) is 12.7. The van der Waals surface area contributed by atoms with Gasteiger partial charge >= 0.3 is 5.97 Å². The summed E-state index contributed by atoms with van der Waals surface area (Å²) in [5, 5.41) is 8.95. The van der Waals surface area contributed by atoms with Gasteiger partial charge in [0, 0.05) is 26.2 Å². The van der Waals surface area contributed by atoms with Crippen molar-refractivity contribution in [3.05, 3.63) is 0 Å². The number of carbonyl (C=O) groups excluding carboxylic acids is 1. The Morgan fingerprint density at radius 2 is 1.63 bits per heavy atom. The number of likely N-dealkylation sites (N-methyl/N-ethyl adjacent to an activating group) is 2. The molecule has 6 heteroatoms. The van der Waals surface area contributed by atoms with E-state index in [0.29, 0.717) is 19.6 Å². The molecule has 1 N–H and O–H groups in total. The van der Waals surface area contributed by atoms with Crippen LogP contribution in [0.1, 0.15) is 20.8 Å². The predicted octanol–water partition coefficient (Wildman–Crippen LogP) is 0.192. The molecule has 0 bridgehead atoms. The molecular weight excluding hydrogens is 246 g/mol. The summed E-state index contributed by atoms with van der Waals surface area (Å²) in [5.41, 5.74) is 0. The minimum absolute atomic E-state index is 0.00925. The third kappa shape index (κ3) is 6.54. The summed E-state index contributed by atoms with van der Waals surface area (Å²) < 4.78 is 0. The summed E-state index contributed by atoms with van der Waals surface area (Å²) in [5.74, 6) is -0.914. The Hall–Kier alpha value is -1.14. The zero-order chi connectivity index (χ0) is 15.0. The molecule has 0 aliphatic rings. The Morgan fingerprint density at radius 3 is 2.00 bits per heavy atom. The fourth-order valence-electron chi connectivity index (χ4n) is 1.87. The van der Waals surface area contributed by atoms with Crippen LogP contribution in [0.3, 0.4) is 0 Å². The third-order valence-electron chi connectivity index (χ3n) is 3.15. The van der Waals surface area contributed by atoms with Crippen molar-refractivity contribution in [2.24, 2.45) is 0 Å². The van der Waals surface area contributed by atoms with Gasteiger partial charge in [-0.05, 0) is 34.9 Å². The van der Waals surface area contributed by atoms with Crippen molar-refractivity contribution in [3.63, 3.8) is 0 Å². The topological polar surface area (TPSA) is 64.1 Å². The second kappa shape index (κ2) is 8.87. The lowest BCUT2D eigenvalue weighted by Gasteiger charge is -2.31. The highest BCUT2D eigenvalue weighted by molar-refractivity contribution is 5.82. The van der Waals surface area contributed by atoms with Gasteiger partial charge in [-0.1, -0.05) is 0 Å². The van der Waals surface area contributed by atoms with E-state index in [1.54, 1.807) is 16.7 Å². The third-order valence-corrected chi connectivity index (χ3v) is 3.15. The van der Waals surface area contributed by atoms with Crippen LogP contribution in [0.15, 0.2) is 0 Å². The number of amides is 1. The molecule has 0 rings (SSSR count). The molecule has 0 radical (unpaired) electrons. The molecular formula is C13H27N3O3. The van der Waals surface area contributed by atoms with Crippen molar-refractivity contribution < 1.29 is 14.7 Å². The van der Waals surface area contributed by atoms with E-state index in [2.05, 4.69) is 0 Å². The van der Waals surface area contributed by atoms with E-state index in [1.807, 2.05) is 32.8 Å². The van der Waals surface area contributed by atoms with Crippen LogP contribution in [0.4, 0.5) is 0 Å². The minimum atomic E-state index is -0.905. The van der Waals surface area contributed by atoms with Crippen LogP contribution < -0.4 is 0 Å². The van der Waals surface area contributed by atoms with Gasteiger partial charge in [0.15, 0.2) is 0 Å². The molecule has 0 aromatic heterocycles. The quantitative estimate of drug-likeness (QED) is 0.650. The average molecular weight is 273 g/mol. The largest absolute Gasteiger partial charge is 0.480 e. The van der Waals surface area contributed by atoms with Gasteiger partial charge in [-0.25, -0.2) is 0 Å². The molecule has 0 aromatic rings. The molecule has 19 heavy (non-hydrogen) atoms. The van der Waals surface area contributed by atoms with Crippen LogP contribution in [-0.4, -0.2) is 84.5 Å². The number of hydrogen-bond acceptors (Lipinski definition) is 4. The number of hydrogen-bond donors (Lipinski definition) is 1. The minimum Gasteiger partial charge on any atom is -0.480 e. The molecule has 0 heterocycles. The normalized spacial score (nSPS) is 12.8. The van der Waals surface area contributed by atoms with E-state index in [4.69, 9.17) is 5.11 Å². The molecule has 0 spiro atoms. The van der Waals surface area contributed by atoms with Crippen LogP contribution in [0.2, 0.25) is 0 Å². The van der Waals surface area contributed by atoms with E-state index >= 15 is 0 Å². The van der Waals surface area contributed by atoms with Gasteiger partial charge in [0.1, 0.15) is 0 Å². The standard InChI is InChI=1S/C13H27N3O3/c1-6-15(7-2)13(19)11(3)16(10-12(17)18)9-8-14(4)5/h11H,6-10H2,1-5H3,(H,17,18). The van der Waals surface area contributed by atoms with Gasteiger partial charge in [0.25, 0.3) is 0 Å². The number of aliphatic carboxylic acids is 1. The Bertz CT molecular complexity index is 291. The molecule has 1 unspecified atom stereocenters. The molecule has 1 atom stereocenters. The maximum absolute atomic E-state index is 12.3. The van der Waals surface area contributed by atoms with E-state index in [-0.39, 0.29) is 12.5 Å². The summed E-state index contributed by atoms with van der Waals surface area (Å²) in [6, 6.07) is -0.407. The average Bonchev–Trinajstić information content (AvgIpc) is 2.34. The van der Waals surface area contributed by atoms with Crippen LogP contribution in [0.25, 0.3) is 0 Å². The van der Waals surface area contributed by atoms with Crippen LogP contribution in [0.5, 0.6) is 0 Å². The summed E-state index contributed by atoms with van der Waals surface area (Å²) in [7, 11) is 3.85. The summed E-state index contributed by atoms with van der Waals surface area (Å²) in [6.07, 6.45) is 0. The maximum Gasteiger partial charge on any atom is 0.317 e. The van der Waals surface area contributed by atoms with Gasteiger partial charge in [0.2, 0.25) is 5.91 Å². The number of carboxylic acids is 1. The first kappa shape index (κ1) is 17.9. The first-order chi connectivity index (χ1) is 8.83. The number of nitrogens with zero attached hydrogens (tertiary/aromatic N) is 3. The Kier molecular flexibility index (Phi) is 8.34. The molecule has 0 saturated carbocycles. The first-order valence-electron chi connectivity index (χ1n) is 6.72. The fourth-order valence-corrected chi connectivity index (χ4v) is 1.87. The molecule has 112 valence electrons. The highest BCUT2D eigenvalue weighted by Crippen LogP contribution is 2.04. The predicted molar refractivity (Wildman–Crippen MR) is 75.2 cm³/mol. The smallest absolute Gasteiger partial charge is 0.317 e. The highest BCUT2D eigenvalue weighted by atomic mass is 16.4. The maximum atomic E-state index is 12.3. The summed E-state index contributed by atoms with van der Waals surface area (Å²) in [4.78, 5) is 28.6. The van der Waals surface area contributed by atoms with Crippen molar-refractivity contribution in [1.82, 2.24) is 14.7 Å². The van der Waals surface area contributed by atoms with Crippen LogP contribution >= 0.6 is 0 Å². The molecule has 0 aliphatic carbocycles. The molecule has 0 aromatic carbocycles. The molecule has 0 saturated heterocycles. The van der Waals surface area contributed by atoms with E-state index < -0.39 is 12.0 Å². The Morgan fingerprint density at radius 1 is 1.11 bits per heavy atom. The van der Waals surface area contributed by atoms with E-state index in [0.717, 1.165) is 6.54 Å². The number of carbonyl (C=O) groups is 2. The van der Waals surface area contributed by atoms with Crippen molar-refractivity contribution >= 4 is 11.9 Å². The lowest BCUT2D eigenvalue weighted by Crippen LogP contribution is -2.50. The zero-order valence-electron chi connectivity index (χ0n) is 12.7. The monoisotopic (exact) mass is 273 g/mol. The van der Waals surface area contributed by atoms with Gasteiger partial charge in [-0.3, -0.25) is 14.5 Å². The molecule has 6 nitrogen and oxygen atoms in total. The lowest BCUT2D eigenvalue weighted by molar-refractivity contribution is -0.142. The fraction of sp³-hybridized carbons (Fsp3) is 0.846. The van der Waals surface area contributed by atoms with E-state index in [1.165, 1.54) is 0 Å². The summed E-state index contributed by atoms with van der Waals surface area (Å²) in [6.45, 7) is 8.10. The second-order valence-electron chi connectivity index (χ2n) is 4.85. The SMILES string of the molecule is CCN(CC)C(=O)C(C)N(CCN(C)C)CC(=O)O. The van der Waals surface area contributed by atoms with Crippen molar-refractivity contribution in [3.8, 4) is 0 Å². The lowest BCUT2D eigenvalue weighted by atomic mass is 10.2. The number of rotatable bonds is 9. The van der Waals surface area contributed by atoms with Crippen molar-refractivity contribution in [1.29, 1.82) is 0 Å².